The van der Waals surface area contributed by atoms with E-state index < -0.39 is 415 Å². The molecule has 11 aliphatic heterocycles. The molecule has 0 aromatic rings. The van der Waals surface area contributed by atoms with Crippen LogP contribution in [-0.4, -0.2) is 557 Å². The molecule has 11 aliphatic rings. The van der Waals surface area contributed by atoms with Gasteiger partial charge in [-0.25, -0.2) is 0 Å². The van der Waals surface area contributed by atoms with E-state index in [2.05, 4.69) is 21.3 Å². The smallest absolute Gasteiger partial charge is 0.217 e. The van der Waals surface area contributed by atoms with Gasteiger partial charge in [-0.15, -0.1) is 0 Å². The molecule has 32 N–H and O–H groups in total. The van der Waals surface area contributed by atoms with E-state index in [4.69, 9.17) is 99.5 Å². The third kappa shape index (κ3) is 23.1. The summed E-state index contributed by atoms with van der Waals surface area (Å²) in [5.41, 5.74) is 0. The zero-order chi connectivity index (χ0) is 95.5. The molecule has 0 aromatic heterocycles. The monoisotopic (exact) mass is 1900 g/mol. The third-order valence-corrected chi connectivity index (χ3v) is 24.2. The van der Waals surface area contributed by atoms with E-state index in [0.29, 0.717) is 0 Å². The van der Waals surface area contributed by atoms with Gasteiger partial charge >= 0.3 is 0 Å². The highest BCUT2D eigenvalue weighted by molar-refractivity contribution is 5.74. The first-order valence-corrected chi connectivity index (χ1v) is 41.8. The summed E-state index contributed by atoms with van der Waals surface area (Å²) in [5, 5.41) is 325. The highest BCUT2D eigenvalue weighted by Gasteiger charge is 2.64. The van der Waals surface area contributed by atoms with E-state index in [1.807, 2.05) is 0 Å². The lowest BCUT2D eigenvalue weighted by Gasteiger charge is -2.52. The molecule has 0 radical (unpaired) electrons. The summed E-state index contributed by atoms with van der Waals surface area (Å²) >= 11 is 0. The van der Waals surface area contributed by atoms with Crippen molar-refractivity contribution in [3.8, 4) is 0 Å². The second kappa shape index (κ2) is 46.1. The normalized spacial score (nSPS) is 50.3. The SMILES string of the molecule is CC(=O)N[C@H]1[C@H](O[C@H]2[C@H](O[C@@H]3O[C@@H](C)[C@@H](O)[C@@H](O)[C@@H]3O)[C@@H](NC(C)=O)C(O)O[C@@H]2CO)O[C@H](CO)[C@@H](O[C@@H]2O[C@H](CO[C@H]3O[C@H](CO)[C@@H](O)[C@H](O)[C@@H]3O[C@@H]3O[C@H](CO)[C@@H](O[C@@H]4O[C@@H](C)[C@@H](O)[C@@H](O)[C@@H]4O)[C@H](O[C@@H]4O[C@H](CO)[C@H](O)[C@H](O)[C@H]4O)[C@H]3NC(C)=O)[C@@H](O)[C@H](O[C@H]3O[C@H](CO)[C@@H](O)[C@H](O)[C@@H]3O[C@@H]3O[C@H](CO)[C@@H](O)[C@H](O)[C@H]3NC(C)=O)[C@@H]2O[C@@H]2O[C@H](CO)[C@H](O)[C@H]2O)[C@@H]1O. The van der Waals surface area contributed by atoms with Gasteiger partial charge in [0.25, 0.3) is 0 Å². The number of nitrogens with one attached hydrogen (secondary N) is 4. The van der Waals surface area contributed by atoms with Crippen LogP contribution >= 0.6 is 0 Å². The maximum absolute atomic E-state index is 13.6. The number of hydrogen-bond acceptors (Lipinski definition) is 53. The minimum atomic E-state index is -2.63. The van der Waals surface area contributed by atoms with Crippen molar-refractivity contribution in [2.45, 2.75) is 373 Å². The lowest BCUT2D eigenvalue weighted by molar-refractivity contribution is -0.408. The van der Waals surface area contributed by atoms with Crippen LogP contribution in [0.25, 0.3) is 0 Å². The summed E-state index contributed by atoms with van der Waals surface area (Å²) in [6.07, 6.45) is -107. The molecule has 752 valence electrons. The molecule has 0 aliphatic carbocycles. The van der Waals surface area contributed by atoms with Crippen LogP contribution in [0.1, 0.15) is 41.5 Å². The molecular formula is C73H122N4O53. The molecule has 11 fully saturated rings. The lowest BCUT2D eigenvalue weighted by atomic mass is 9.93. The molecule has 130 heavy (non-hydrogen) atoms. The predicted molar refractivity (Wildman–Crippen MR) is 400 cm³/mol. The number of carbonyl (C=O) groups excluding carboxylic acids is 4. The van der Waals surface area contributed by atoms with E-state index >= 15 is 0 Å². The summed E-state index contributed by atoms with van der Waals surface area (Å²) in [4.78, 5) is 52.8. The topological polar surface area (TPSA) is 877 Å². The quantitative estimate of drug-likeness (QED) is 0.0290. The molecule has 4 amide bonds. The Kier molecular flexibility index (Phi) is 37.7. The third-order valence-electron chi connectivity index (χ3n) is 24.2. The molecule has 11 heterocycles. The zero-order valence-electron chi connectivity index (χ0n) is 70.3. The molecule has 11 rings (SSSR count). The summed E-state index contributed by atoms with van der Waals surface area (Å²) in [6, 6.07) is -7.90. The number of rotatable bonds is 33. The average molecular weight is 1900 g/mol. The van der Waals surface area contributed by atoms with Gasteiger partial charge in [0.2, 0.25) is 23.6 Å². The molecule has 57 nitrogen and oxygen atoms in total. The Morgan fingerprint density at radius 3 is 0.938 bits per heavy atom. The molecule has 0 aromatic carbocycles. The fourth-order valence-corrected chi connectivity index (χ4v) is 17.1. The molecule has 57 heteroatoms. The second-order valence-electron chi connectivity index (χ2n) is 33.3. The summed E-state index contributed by atoms with van der Waals surface area (Å²) < 4.78 is 129. The van der Waals surface area contributed by atoms with Gasteiger partial charge in [-0.1, -0.05) is 0 Å². The molecule has 54 atom stereocenters. The van der Waals surface area contributed by atoms with Gasteiger partial charge in [-0.3, -0.25) is 19.2 Å². The number of hydrogen-bond donors (Lipinski definition) is 32. The lowest BCUT2D eigenvalue weighted by Crippen LogP contribution is -2.71. The molecule has 1 unspecified atom stereocenters. The van der Waals surface area contributed by atoms with Crippen LogP contribution in [0.5, 0.6) is 0 Å². The van der Waals surface area contributed by atoms with Gasteiger partial charge < -0.3 is 264 Å². The predicted octanol–water partition coefficient (Wildman–Crippen LogP) is -21.7. The largest absolute Gasteiger partial charge is 0.394 e. The van der Waals surface area contributed by atoms with Crippen molar-refractivity contribution in [3.05, 3.63) is 0 Å². The Morgan fingerprint density at radius 1 is 0.215 bits per heavy atom. The van der Waals surface area contributed by atoms with E-state index in [1.54, 1.807) is 0 Å². The fourth-order valence-electron chi connectivity index (χ4n) is 17.1. The Labute approximate surface area is 736 Å². The van der Waals surface area contributed by atoms with Crippen LogP contribution in [0.15, 0.2) is 0 Å². The van der Waals surface area contributed by atoms with Crippen LogP contribution in [0.2, 0.25) is 0 Å². The first kappa shape index (κ1) is 106. The number of ether oxygens (including phenoxy) is 21. The van der Waals surface area contributed by atoms with Crippen molar-refractivity contribution < 1.29 is 262 Å². The molecule has 11 saturated heterocycles. The van der Waals surface area contributed by atoms with Crippen LogP contribution in [0.4, 0.5) is 0 Å². The first-order valence-electron chi connectivity index (χ1n) is 41.8. The van der Waals surface area contributed by atoms with Gasteiger partial charge in [-0.2, -0.15) is 0 Å². The fraction of sp³-hybridized carbons (Fsp3) is 0.945. The van der Waals surface area contributed by atoms with Gasteiger partial charge in [0.15, 0.2) is 69.2 Å². The Bertz CT molecular complexity index is 3560. The summed E-state index contributed by atoms with van der Waals surface area (Å²) in [5.74, 6) is -3.90. The van der Waals surface area contributed by atoms with Gasteiger partial charge in [0, 0.05) is 27.7 Å². The standard InChI is InChI=1S/C73H122N4O53/c1-16-35(90)45(100)51(106)67(111-16)124-56-29(14-85)120-66(34(77-21(6)89)58(56)126-70-53(108)47(102)38(93)23(8-79)115-70)128-60-48(103)39(94)24(9-80)117-71(60)110-15-30-42(97)59(127-72-61(49(104)40(95)25(10-81)118-72)129-64-31(74-18(3)86)43(98)37(92)22(7-78)114-64)62(130-69-50(105)41(96)26(11-82)116-69)73(121-30)122-54-27(12-83)119-65(32(44(54)99)75-19(4)87)123-55-28(13-84)113-63(109)33(76-20(5)88)57(55)125-68-52(107)46(101)36(91)17(2)112-68/h16-17,22-73,78-85,90-109H,7-15H2,1-6H3,(H,74,86)(H,75,87)(H,76,88)(H,77,89)/t16-,17-,22+,23+,24+,25+,26+,27+,28+,29+,30+,31+,32+,33+,34+,35+,36+,37+,38-,39+,40+,41-,42+,43+,44+,45+,46+,47-,48-,49-,50+,51-,52-,53+,54+,55+,56+,57+,58+,59-,60-,61-,62-,63?,64-,65-,66-,67-,68-,69-,70-,71-,72+,73-/m0/s1. The van der Waals surface area contributed by atoms with Crippen molar-refractivity contribution in [3.63, 3.8) is 0 Å². The Balaban J connectivity index is 1.01. The maximum Gasteiger partial charge on any atom is 0.217 e. The van der Waals surface area contributed by atoms with E-state index in [9.17, 15) is 162 Å². The highest BCUT2D eigenvalue weighted by Crippen LogP contribution is 2.43. The van der Waals surface area contributed by atoms with Crippen molar-refractivity contribution >= 4 is 23.6 Å². The molecule has 0 saturated carbocycles. The van der Waals surface area contributed by atoms with Crippen molar-refractivity contribution in [2.24, 2.45) is 0 Å². The van der Waals surface area contributed by atoms with Crippen molar-refractivity contribution in [1.29, 1.82) is 0 Å². The van der Waals surface area contributed by atoms with Crippen LogP contribution in [0, 0.1) is 0 Å². The van der Waals surface area contributed by atoms with Gasteiger partial charge in [0.1, 0.15) is 250 Å². The number of carbonyl (C=O) groups is 4. The summed E-state index contributed by atoms with van der Waals surface area (Å²) in [7, 11) is 0. The number of aliphatic hydroxyl groups excluding tert-OH is 28. The van der Waals surface area contributed by atoms with Crippen LogP contribution in [0.3, 0.4) is 0 Å². The minimum absolute atomic E-state index is 0.888. The van der Waals surface area contributed by atoms with E-state index in [-0.39, 0.29) is 0 Å². The highest BCUT2D eigenvalue weighted by atomic mass is 16.8. The van der Waals surface area contributed by atoms with E-state index in [1.165, 1.54) is 13.8 Å². The minimum Gasteiger partial charge on any atom is -0.394 e. The molecular weight excluding hydrogens is 1780 g/mol. The summed E-state index contributed by atoms with van der Waals surface area (Å²) in [6.45, 7) is -4.53. The van der Waals surface area contributed by atoms with Crippen molar-refractivity contribution in [2.75, 3.05) is 59.5 Å². The molecule has 0 spiro atoms. The first-order chi connectivity index (χ1) is 61.5. The zero-order valence-corrected chi connectivity index (χ0v) is 70.3. The van der Waals surface area contributed by atoms with Crippen molar-refractivity contribution in [1.82, 2.24) is 21.3 Å². The molecule has 0 bridgehead atoms. The number of aliphatic hydroxyl groups is 28. The van der Waals surface area contributed by atoms with Crippen LogP contribution < -0.4 is 21.3 Å². The Morgan fingerprint density at radius 2 is 0.485 bits per heavy atom. The maximum atomic E-state index is 13.6. The van der Waals surface area contributed by atoms with Gasteiger partial charge in [0.05, 0.1) is 71.7 Å². The number of amides is 4. The van der Waals surface area contributed by atoms with Crippen LogP contribution in [-0.2, 0) is 119 Å². The van der Waals surface area contributed by atoms with E-state index in [0.717, 1.165) is 27.7 Å². The average Bonchev–Trinajstić information content (AvgIpc) is 0.872. The van der Waals surface area contributed by atoms with Gasteiger partial charge in [-0.05, 0) is 13.8 Å². The Hall–Kier alpha value is -4.08. The second-order valence-corrected chi connectivity index (χ2v) is 33.3.